The lowest BCUT2D eigenvalue weighted by Gasteiger charge is -2.01. The number of aromatic nitrogens is 5. The van der Waals surface area contributed by atoms with Gasteiger partial charge in [0.1, 0.15) is 10.7 Å². The summed E-state index contributed by atoms with van der Waals surface area (Å²) in [6.07, 6.45) is 3.34. The van der Waals surface area contributed by atoms with Gasteiger partial charge in [-0.2, -0.15) is 0 Å². The molecule has 0 aliphatic heterocycles. The number of nitrogens with zero attached hydrogens (tertiary/aromatic N) is 4. The van der Waals surface area contributed by atoms with Gasteiger partial charge in [0.05, 0.1) is 11.1 Å². The van der Waals surface area contributed by atoms with Gasteiger partial charge in [-0.05, 0) is 17.7 Å². The SMILES string of the molecule is O=c1[nH]c(CSc2nnc(-c3ccncc3)o2)nc2scc(-c3ccccc3)c12. The summed E-state index contributed by atoms with van der Waals surface area (Å²) in [5.74, 6) is 1.41. The van der Waals surface area contributed by atoms with Crippen LogP contribution in [-0.4, -0.2) is 25.1 Å². The molecule has 4 heterocycles. The van der Waals surface area contributed by atoms with Crippen LogP contribution in [0, 0.1) is 0 Å². The van der Waals surface area contributed by atoms with E-state index in [0.717, 1.165) is 16.7 Å². The molecule has 0 bridgehead atoms. The monoisotopic (exact) mass is 419 g/mol. The molecule has 7 nitrogen and oxygen atoms in total. The van der Waals surface area contributed by atoms with Crippen molar-refractivity contribution in [2.24, 2.45) is 0 Å². The van der Waals surface area contributed by atoms with E-state index in [-0.39, 0.29) is 5.56 Å². The molecule has 1 aromatic carbocycles. The Morgan fingerprint density at radius 3 is 2.69 bits per heavy atom. The van der Waals surface area contributed by atoms with Crippen LogP contribution in [0.5, 0.6) is 0 Å². The van der Waals surface area contributed by atoms with Gasteiger partial charge in [-0.15, -0.1) is 21.5 Å². The standard InChI is InChI=1S/C20H13N5O2S2/c26-17-16-14(12-4-2-1-3-5-12)10-28-19(16)23-15(22-17)11-29-20-25-24-18(27-20)13-6-8-21-9-7-13/h1-10H,11H2,(H,22,23,26). The van der Waals surface area contributed by atoms with Crippen LogP contribution in [0.2, 0.25) is 0 Å². The molecule has 9 heteroatoms. The predicted octanol–water partition coefficient (Wildman–Crippen LogP) is 4.39. The Hall–Kier alpha value is -3.30. The highest BCUT2D eigenvalue weighted by molar-refractivity contribution is 7.98. The van der Waals surface area contributed by atoms with Crippen molar-refractivity contribution in [1.29, 1.82) is 0 Å². The van der Waals surface area contributed by atoms with Crippen LogP contribution in [0.25, 0.3) is 32.8 Å². The number of hydrogen-bond donors (Lipinski definition) is 1. The fraction of sp³-hybridized carbons (Fsp3) is 0.0500. The van der Waals surface area contributed by atoms with Gasteiger partial charge in [-0.25, -0.2) is 4.98 Å². The first-order chi connectivity index (χ1) is 14.3. The van der Waals surface area contributed by atoms with Crippen molar-refractivity contribution >= 4 is 33.3 Å². The summed E-state index contributed by atoms with van der Waals surface area (Å²) in [6.45, 7) is 0. The fourth-order valence-corrected chi connectivity index (χ4v) is 4.50. The maximum Gasteiger partial charge on any atom is 0.277 e. The molecule has 0 saturated heterocycles. The van der Waals surface area contributed by atoms with Crippen LogP contribution in [0.3, 0.4) is 0 Å². The largest absolute Gasteiger partial charge is 0.411 e. The number of thiophene rings is 1. The van der Waals surface area contributed by atoms with Gasteiger partial charge in [0.25, 0.3) is 10.8 Å². The maximum atomic E-state index is 12.7. The molecular formula is C20H13N5O2S2. The topological polar surface area (TPSA) is 97.6 Å². The Morgan fingerprint density at radius 1 is 1.03 bits per heavy atom. The number of hydrogen-bond acceptors (Lipinski definition) is 8. The molecular weight excluding hydrogens is 406 g/mol. The quantitative estimate of drug-likeness (QED) is 0.422. The molecule has 0 atom stereocenters. The zero-order valence-electron chi connectivity index (χ0n) is 14.9. The van der Waals surface area contributed by atoms with E-state index in [1.807, 2.05) is 35.7 Å². The summed E-state index contributed by atoms with van der Waals surface area (Å²) < 4.78 is 5.67. The number of benzene rings is 1. The smallest absolute Gasteiger partial charge is 0.277 e. The molecule has 29 heavy (non-hydrogen) atoms. The van der Waals surface area contributed by atoms with Crippen molar-refractivity contribution < 1.29 is 4.42 Å². The molecule has 5 aromatic rings. The van der Waals surface area contributed by atoms with Crippen LogP contribution >= 0.6 is 23.1 Å². The zero-order valence-corrected chi connectivity index (χ0v) is 16.5. The normalized spacial score (nSPS) is 11.2. The van der Waals surface area contributed by atoms with Crippen LogP contribution in [0.15, 0.2) is 74.7 Å². The minimum Gasteiger partial charge on any atom is -0.411 e. The number of aromatic amines is 1. The van der Waals surface area contributed by atoms with Gasteiger partial charge in [0.2, 0.25) is 5.89 Å². The first-order valence-electron chi connectivity index (χ1n) is 8.70. The summed E-state index contributed by atoms with van der Waals surface area (Å²) in [5, 5.41) is 11.1. The molecule has 0 aliphatic carbocycles. The molecule has 4 aromatic heterocycles. The average Bonchev–Trinajstić information content (AvgIpc) is 3.41. The van der Waals surface area contributed by atoms with Crippen molar-refractivity contribution in [2.75, 3.05) is 0 Å². The lowest BCUT2D eigenvalue weighted by Crippen LogP contribution is -2.10. The minimum atomic E-state index is -0.145. The van der Waals surface area contributed by atoms with Crippen LogP contribution in [0.1, 0.15) is 5.82 Å². The van der Waals surface area contributed by atoms with E-state index >= 15 is 0 Å². The summed E-state index contributed by atoms with van der Waals surface area (Å²) in [5.41, 5.74) is 2.56. The molecule has 142 valence electrons. The second-order valence-electron chi connectivity index (χ2n) is 6.11. The van der Waals surface area contributed by atoms with Crippen LogP contribution < -0.4 is 5.56 Å². The number of pyridine rings is 1. The highest BCUT2D eigenvalue weighted by Gasteiger charge is 2.14. The number of thioether (sulfide) groups is 1. The van der Waals surface area contributed by atoms with Crippen LogP contribution in [-0.2, 0) is 5.75 Å². The second-order valence-corrected chi connectivity index (χ2v) is 7.89. The Labute approximate surface area is 172 Å². The zero-order chi connectivity index (χ0) is 19.6. The Morgan fingerprint density at radius 2 is 1.86 bits per heavy atom. The van der Waals surface area contributed by atoms with E-state index in [1.54, 1.807) is 24.5 Å². The van der Waals surface area contributed by atoms with Crippen molar-refractivity contribution in [1.82, 2.24) is 25.1 Å². The summed E-state index contributed by atoms with van der Waals surface area (Å²) in [4.78, 5) is 24.9. The van der Waals surface area contributed by atoms with Gasteiger partial charge in [-0.1, -0.05) is 42.1 Å². The van der Waals surface area contributed by atoms with Gasteiger partial charge < -0.3 is 9.40 Å². The van der Waals surface area contributed by atoms with Crippen molar-refractivity contribution in [2.45, 2.75) is 11.0 Å². The average molecular weight is 419 g/mol. The third kappa shape index (κ3) is 3.57. The van der Waals surface area contributed by atoms with Gasteiger partial charge in [-0.3, -0.25) is 9.78 Å². The molecule has 0 radical (unpaired) electrons. The summed E-state index contributed by atoms with van der Waals surface area (Å²) >= 11 is 2.79. The first-order valence-corrected chi connectivity index (χ1v) is 10.6. The summed E-state index contributed by atoms with van der Waals surface area (Å²) in [6, 6.07) is 13.4. The highest BCUT2D eigenvalue weighted by atomic mass is 32.2. The van der Waals surface area contributed by atoms with Gasteiger partial charge >= 0.3 is 0 Å². The van der Waals surface area contributed by atoms with Gasteiger partial charge in [0, 0.05) is 28.9 Å². The van der Waals surface area contributed by atoms with Crippen LogP contribution in [0.4, 0.5) is 0 Å². The Kier molecular flexibility index (Phi) is 4.66. The fourth-order valence-electron chi connectivity index (χ4n) is 2.90. The minimum absolute atomic E-state index is 0.145. The molecule has 0 unspecified atom stereocenters. The van der Waals surface area contributed by atoms with Gasteiger partial charge in [0.15, 0.2) is 0 Å². The first kappa shape index (κ1) is 17.8. The molecule has 0 aliphatic rings. The van der Waals surface area contributed by atoms with E-state index in [1.165, 1.54) is 23.1 Å². The number of nitrogens with one attached hydrogen (secondary N) is 1. The molecule has 0 fully saturated rings. The lowest BCUT2D eigenvalue weighted by molar-refractivity contribution is 0.465. The number of fused-ring (bicyclic) bond motifs is 1. The molecule has 0 spiro atoms. The predicted molar refractivity (Wildman–Crippen MR) is 113 cm³/mol. The molecule has 1 N–H and O–H groups in total. The van der Waals surface area contributed by atoms with Crippen molar-refractivity contribution in [3.8, 4) is 22.6 Å². The maximum absolute atomic E-state index is 12.7. The Bertz CT molecular complexity index is 1330. The Balaban J connectivity index is 1.38. The van der Waals surface area contributed by atoms with E-state index in [0.29, 0.717) is 32.9 Å². The molecule has 5 rings (SSSR count). The van der Waals surface area contributed by atoms with E-state index < -0.39 is 0 Å². The number of rotatable bonds is 5. The van der Waals surface area contributed by atoms with E-state index in [2.05, 4.69) is 25.1 Å². The van der Waals surface area contributed by atoms with Crippen molar-refractivity contribution in [3.05, 3.63) is 76.4 Å². The van der Waals surface area contributed by atoms with E-state index in [4.69, 9.17) is 4.42 Å². The summed E-state index contributed by atoms with van der Waals surface area (Å²) in [7, 11) is 0. The molecule has 0 saturated carbocycles. The number of H-pyrrole nitrogens is 1. The molecule has 0 amide bonds. The highest BCUT2D eigenvalue weighted by Crippen LogP contribution is 2.31. The third-order valence-corrected chi connectivity index (χ3v) is 5.95. The third-order valence-electron chi connectivity index (χ3n) is 4.24. The van der Waals surface area contributed by atoms with Crippen molar-refractivity contribution in [3.63, 3.8) is 0 Å². The van der Waals surface area contributed by atoms with E-state index in [9.17, 15) is 4.79 Å². The lowest BCUT2D eigenvalue weighted by atomic mass is 10.1. The second kappa shape index (κ2) is 7.61.